The molecule has 6 nitrogen and oxygen atoms in total. The fourth-order valence-electron chi connectivity index (χ4n) is 2.86. The highest BCUT2D eigenvalue weighted by atomic mass is 16.8. The Morgan fingerprint density at radius 3 is 2.86 bits per heavy atom. The molecule has 0 N–H and O–H groups in total. The van der Waals surface area contributed by atoms with Gasteiger partial charge in [-0.2, -0.15) is 0 Å². The Morgan fingerprint density at radius 1 is 1.36 bits per heavy atom. The molecule has 3 atom stereocenters. The minimum absolute atomic E-state index is 0.0166. The van der Waals surface area contributed by atoms with Gasteiger partial charge in [0.15, 0.2) is 5.79 Å². The lowest BCUT2D eigenvalue weighted by Gasteiger charge is -2.20. The molecule has 1 aromatic rings. The summed E-state index contributed by atoms with van der Waals surface area (Å²) in [7, 11) is 1.64. The molecule has 3 unspecified atom stereocenters. The van der Waals surface area contributed by atoms with Crippen LogP contribution in [-0.4, -0.2) is 53.9 Å². The molecule has 22 heavy (non-hydrogen) atoms. The standard InChI is InChI=1S/C16H23N2O4/c1-16(2)20-11-14(22-16)13-6-7-15(21-13)18(19-3)10-12-5-4-8-17-9-12/h4-5,8-10,13-15H,6-7,11H2,1-3H3/q+1. The Hall–Kier alpha value is -1.50. The zero-order valence-corrected chi connectivity index (χ0v) is 13.3. The molecule has 1 aromatic heterocycles. The van der Waals surface area contributed by atoms with Crippen LogP contribution in [0.2, 0.25) is 0 Å². The van der Waals surface area contributed by atoms with E-state index >= 15 is 0 Å². The van der Waals surface area contributed by atoms with Crippen molar-refractivity contribution in [3.63, 3.8) is 0 Å². The zero-order valence-electron chi connectivity index (χ0n) is 13.3. The van der Waals surface area contributed by atoms with Gasteiger partial charge < -0.3 is 14.2 Å². The van der Waals surface area contributed by atoms with Crippen LogP contribution in [0.4, 0.5) is 0 Å². The molecule has 2 saturated heterocycles. The molecule has 0 radical (unpaired) electrons. The second-order valence-corrected chi connectivity index (χ2v) is 6.03. The van der Waals surface area contributed by atoms with E-state index in [1.165, 1.54) is 0 Å². The molecular weight excluding hydrogens is 284 g/mol. The molecule has 6 heteroatoms. The summed E-state index contributed by atoms with van der Waals surface area (Å²) >= 11 is 0. The van der Waals surface area contributed by atoms with E-state index in [2.05, 4.69) is 4.98 Å². The lowest BCUT2D eigenvalue weighted by atomic mass is 10.1. The summed E-state index contributed by atoms with van der Waals surface area (Å²) in [6.45, 7) is 4.43. The van der Waals surface area contributed by atoms with Gasteiger partial charge in [0.2, 0.25) is 6.21 Å². The summed E-state index contributed by atoms with van der Waals surface area (Å²) in [6.07, 6.45) is 7.14. The first-order valence-corrected chi connectivity index (χ1v) is 7.62. The van der Waals surface area contributed by atoms with Crippen molar-refractivity contribution < 1.29 is 23.8 Å². The first-order chi connectivity index (χ1) is 10.6. The first kappa shape index (κ1) is 15.4. The van der Waals surface area contributed by atoms with Crippen LogP contribution < -0.4 is 0 Å². The summed E-state index contributed by atoms with van der Waals surface area (Å²) in [6, 6.07) is 3.87. The second-order valence-electron chi connectivity index (χ2n) is 6.03. The normalized spacial score (nSPS) is 31.4. The van der Waals surface area contributed by atoms with Crippen LogP contribution in [0, 0.1) is 0 Å². The van der Waals surface area contributed by atoms with Crippen molar-refractivity contribution >= 4 is 6.21 Å². The summed E-state index contributed by atoms with van der Waals surface area (Å²) in [4.78, 5) is 9.54. The number of rotatable bonds is 4. The highest BCUT2D eigenvalue weighted by molar-refractivity contribution is 5.74. The van der Waals surface area contributed by atoms with Gasteiger partial charge in [-0.25, -0.2) is 0 Å². The van der Waals surface area contributed by atoms with Crippen molar-refractivity contribution in [3.05, 3.63) is 30.1 Å². The lowest BCUT2D eigenvalue weighted by Crippen LogP contribution is -2.33. The van der Waals surface area contributed by atoms with Gasteiger partial charge in [-0.05, 0) is 32.4 Å². The number of pyridine rings is 1. The van der Waals surface area contributed by atoms with E-state index in [9.17, 15) is 0 Å². The largest absolute Gasteiger partial charge is 0.348 e. The zero-order chi connectivity index (χ0) is 15.6. The summed E-state index contributed by atoms with van der Waals surface area (Å²) in [5, 5.41) is 0. The molecule has 2 aliphatic heterocycles. The molecule has 0 amide bonds. The maximum atomic E-state index is 6.11. The Balaban J connectivity index is 1.65. The van der Waals surface area contributed by atoms with Gasteiger partial charge in [0, 0.05) is 23.6 Å². The van der Waals surface area contributed by atoms with Crippen LogP contribution in [-0.2, 0) is 19.0 Å². The van der Waals surface area contributed by atoms with E-state index in [0.717, 1.165) is 18.4 Å². The number of nitrogens with zero attached hydrogens (tertiary/aromatic N) is 2. The second kappa shape index (κ2) is 6.32. The van der Waals surface area contributed by atoms with Crippen molar-refractivity contribution in [2.75, 3.05) is 13.7 Å². The molecule has 2 fully saturated rings. The molecule has 0 spiro atoms. The number of hydrogen-bond acceptors (Lipinski definition) is 5. The Kier molecular flexibility index (Phi) is 4.42. The van der Waals surface area contributed by atoms with E-state index < -0.39 is 5.79 Å². The molecule has 0 aromatic carbocycles. The maximum absolute atomic E-state index is 6.11. The fourth-order valence-corrected chi connectivity index (χ4v) is 2.86. The highest BCUT2D eigenvalue weighted by Crippen LogP contribution is 2.31. The Bertz CT molecular complexity index is 532. The predicted molar refractivity (Wildman–Crippen MR) is 79.5 cm³/mol. The molecule has 0 bridgehead atoms. The summed E-state index contributed by atoms with van der Waals surface area (Å²) in [5.41, 5.74) is 0.970. The van der Waals surface area contributed by atoms with Crippen LogP contribution in [0.1, 0.15) is 32.3 Å². The van der Waals surface area contributed by atoms with Gasteiger partial charge in [-0.3, -0.25) is 9.82 Å². The van der Waals surface area contributed by atoms with Gasteiger partial charge >= 0.3 is 6.23 Å². The predicted octanol–water partition coefficient (Wildman–Crippen LogP) is 1.73. The van der Waals surface area contributed by atoms with E-state index in [-0.39, 0.29) is 18.4 Å². The molecule has 120 valence electrons. The molecule has 0 aliphatic carbocycles. The Morgan fingerprint density at radius 2 is 2.23 bits per heavy atom. The van der Waals surface area contributed by atoms with Crippen LogP contribution >= 0.6 is 0 Å². The van der Waals surface area contributed by atoms with E-state index in [4.69, 9.17) is 19.0 Å². The first-order valence-electron chi connectivity index (χ1n) is 7.62. The van der Waals surface area contributed by atoms with Crippen LogP contribution in [0.3, 0.4) is 0 Å². The average Bonchev–Trinajstić information content (AvgIpc) is 3.12. The molecule has 0 saturated carbocycles. The molecule has 3 heterocycles. The lowest BCUT2D eigenvalue weighted by molar-refractivity contribution is -0.823. The number of ether oxygens (including phenoxy) is 3. The highest BCUT2D eigenvalue weighted by Gasteiger charge is 2.44. The van der Waals surface area contributed by atoms with Crippen LogP contribution in [0.15, 0.2) is 24.5 Å². The van der Waals surface area contributed by atoms with Crippen LogP contribution in [0.5, 0.6) is 0 Å². The van der Waals surface area contributed by atoms with Gasteiger partial charge in [0.05, 0.1) is 18.3 Å². The van der Waals surface area contributed by atoms with E-state index in [0.29, 0.717) is 6.61 Å². The van der Waals surface area contributed by atoms with Gasteiger partial charge in [0.1, 0.15) is 13.2 Å². The van der Waals surface area contributed by atoms with Gasteiger partial charge in [-0.15, -0.1) is 0 Å². The minimum atomic E-state index is -0.519. The molecule has 3 rings (SSSR count). The quantitative estimate of drug-likeness (QED) is 0.482. The number of hydroxylamine groups is 1. The third-order valence-electron chi connectivity index (χ3n) is 3.93. The fraction of sp³-hybridized carbons (Fsp3) is 0.625. The summed E-state index contributed by atoms with van der Waals surface area (Å²) < 4.78 is 19.3. The van der Waals surface area contributed by atoms with Gasteiger partial charge in [0.25, 0.3) is 0 Å². The van der Waals surface area contributed by atoms with Crippen molar-refractivity contribution in [2.45, 2.75) is 50.9 Å². The van der Waals surface area contributed by atoms with Crippen molar-refractivity contribution in [3.8, 4) is 0 Å². The van der Waals surface area contributed by atoms with Crippen molar-refractivity contribution in [1.29, 1.82) is 0 Å². The van der Waals surface area contributed by atoms with Crippen LogP contribution in [0.25, 0.3) is 0 Å². The smallest absolute Gasteiger partial charge is 0.306 e. The Labute approximate surface area is 130 Å². The van der Waals surface area contributed by atoms with Crippen molar-refractivity contribution in [1.82, 2.24) is 4.98 Å². The maximum Gasteiger partial charge on any atom is 0.306 e. The topological polar surface area (TPSA) is 52.8 Å². The minimum Gasteiger partial charge on any atom is -0.348 e. The van der Waals surface area contributed by atoms with E-state index in [1.54, 1.807) is 24.2 Å². The number of aromatic nitrogens is 1. The van der Waals surface area contributed by atoms with E-state index in [1.807, 2.05) is 32.2 Å². The molecule has 2 aliphatic rings. The third kappa shape index (κ3) is 3.45. The monoisotopic (exact) mass is 307 g/mol. The number of hydrogen-bond donors (Lipinski definition) is 0. The third-order valence-corrected chi connectivity index (χ3v) is 3.93. The molecular formula is C16H23N2O4+. The average molecular weight is 307 g/mol. The van der Waals surface area contributed by atoms with Crippen molar-refractivity contribution in [2.24, 2.45) is 0 Å². The summed E-state index contributed by atoms with van der Waals surface area (Å²) in [5.74, 6) is -0.519. The van der Waals surface area contributed by atoms with Gasteiger partial charge in [-0.1, -0.05) is 0 Å². The SMILES string of the molecule is CO/[N+](=C\c1cccnc1)C1CCC(C2COC(C)(C)O2)O1.